The Morgan fingerprint density at radius 2 is 1.86 bits per heavy atom. The first-order valence-electron chi connectivity index (χ1n) is 8.82. The van der Waals surface area contributed by atoms with Crippen LogP contribution in [0.3, 0.4) is 0 Å². The van der Waals surface area contributed by atoms with Crippen molar-refractivity contribution >= 4 is 19.0 Å². The summed E-state index contributed by atoms with van der Waals surface area (Å²) in [6, 6.07) is 10.9. The molecule has 28 heavy (non-hydrogen) atoms. The lowest BCUT2D eigenvalue weighted by Gasteiger charge is -2.19. The topological polar surface area (TPSA) is 153 Å². The van der Waals surface area contributed by atoms with Crippen LogP contribution in [0.15, 0.2) is 42.5 Å². The summed E-state index contributed by atoms with van der Waals surface area (Å²) in [5.74, 6) is -3.47. The molecule has 0 unspecified atom stereocenters. The molecule has 1 atom stereocenters. The summed E-state index contributed by atoms with van der Waals surface area (Å²) >= 11 is 0. The summed E-state index contributed by atoms with van der Waals surface area (Å²) in [5.41, 5.74) is 6.78. The van der Waals surface area contributed by atoms with Crippen LogP contribution in [0.2, 0.25) is 0 Å². The fourth-order valence-electron chi connectivity index (χ4n) is 3.04. The third-order valence-electron chi connectivity index (χ3n) is 4.95. The Hall–Kier alpha value is -2.88. The number of benzene rings is 2. The van der Waals surface area contributed by atoms with E-state index in [0.29, 0.717) is 5.56 Å². The quantitative estimate of drug-likeness (QED) is 0.378. The minimum absolute atomic E-state index is 0.170. The predicted molar refractivity (Wildman–Crippen MR) is 102 cm³/mol. The van der Waals surface area contributed by atoms with Gasteiger partial charge in [0, 0.05) is 11.1 Å². The second-order valence-corrected chi connectivity index (χ2v) is 7.05. The molecule has 1 saturated carbocycles. The summed E-state index contributed by atoms with van der Waals surface area (Å²) in [6.07, 6.45) is 1.52. The number of rotatable bonds is 7. The van der Waals surface area contributed by atoms with Crippen molar-refractivity contribution in [3.8, 4) is 5.75 Å². The number of nitrogens with two attached hydrogens (primary N) is 1. The van der Waals surface area contributed by atoms with Gasteiger partial charge >= 0.3 is 13.1 Å². The number of carboxylic acid groups (broad SMARTS) is 1. The highest BCUT2D eigenvalue weighted by Gasteiger charge is 2.40. The Labute approximate surface area is 161 Å². The maximum atomic E-state index is 12.6. The first kappa shape index (κ1) is 19.9. The zero-order valence-electron chi connectivity index (χ0n) is 15.0. The minimum atomic E-state index is -1.91. The van der Waals surface area contributed by atoms with Gasteiger partial charge in [-0.15, -0.1) is 0 Å². The molecule has 3 rings (SSSR count). The molecule has 1 amide bonds. The maximum Gasteiger partial charge on any atom is 0.475 e. The van der Waals surface area contributed by atoms with Gasteiger partial charge in [0.05, 0.1) is 5.94 Å². The molecular weight excluding hydrogens is 363 g/mol. The molecule has 146 valence electrons. The fraction of sp³-hybridized carbons (Fsp3) is 0.263. The van der Waals surface area contributed by atoms with Gasteiger partial charge in [-0.05, 0) is 48.6 Å². The number of carboxylic acids is 1. The number of phenols is 1. The Kier molecular flexibility index (Phi) is 5.41. The molecule has 0 radical (unpaired) electrons. The van der Waals surface area contributed by atoms with Crippen LogP contribution in [0, 0.1) is 0 Å². The number of hydrogen-bond donors (Lipinski definition) is 6. The predicted octanol–water partition coefficient (Wildman–Crippen LogP) is 0.391. The van der Waals surface area contributed by atoms with Crippen LogP contribution in [-0.4, -0.2) is 45.2 Å². The number of aromatic hydroxyl groups is 1. The molecule has 9 heteroatoms. The van der Waals surface area contributed by atoms with Gasteiger partial charge in [-0.1, -0.05) is 24.3 Å². The van der Waals surface area contributed by atoms with Gasteiger partial charge in [-0.2, -0.15) is 0 Å². The number of amides is 1. The Balaban J connectivity index is 1.78. The molecule has 2 aromatic rings. The van der Waals surface area contributed by atoms with Gasteiger partial charge < -0.3 is 31.3 Å². The number of carbonyl (C=O) groups excluding carboxylic acids is 1. The lowest BCUT2D eigenvalue weighted by molar-refractivity contribution is 0.0693. The van der Waals surface area contributed by atoms with Crippen molar-refractivity contribution in [2.75, 3.05) is 0 Å². The lowest BCUT2D eigenvalue weighted by atomic mass is 9.75. The van der Waals surface area contributed by atoms with Gasteiger partial charge in [-0.3, -0.25) is 4.79 Å². The van der Waals surface area contributed by atoms with Crippen molar-refractivity contribution in [2.45, 2.75) is 30.7 Å². The van der Waals surface area contributed by atoms with Crippen molar-refractivity contribution < 1.29 is 29.9 Å². The van der Waals surface area contributed by atoms with Crippen LogP contribution < -0.4 is 11.1 Å². The molecule has 1 aliphatic rings. The van der Waals surface area contributed by atoms with Crippen molar-refractivity contribution in [3.63, 3.8) is 0 Å². The summed E-state index contributed by atoms with van der Waals surface area (Å²) in [6.45, 7) is 0. The number of para-hydroxylation sites is 1. The van der Waals surface area contributed by atoms with E-state index in [-0.39, 0.29) is 17.5 Å². The highest BCUT2D eigenvalue weighted by atomic mass is 16.4. The Morgan fingerprint density at radius 1 is 1.18 bits per heavy atom. The Morgan fingerprint density at radius 3 is 2.46 bits per heavy atom. The monoisotopic (exact) mass is 384 g/mol. The van der Waals surface area contributed by atoms with Crippen LogP contribution in [0.5, 0.6) is 5.75 Å². The van der Waals surface area contributed by atoms with Gasteiger partial charge in [0.1, 0.15) is 11.3 Å². The van der Waals surface area contributed by atoms with Crippen LogP contribution in [-0.2, 0) is 12.0 Å². The molecule has 0 spiro atoms. The third-order valence-corrected chi connectivity index (χ3v) is 4.95. The highest BCUT2D eigenvalue weighted by Crippen LogP contribution is 2.42. The number of aromatic carboxylic acids is 1. The van der Waals surface area contributed by atoms with E-state index < -0.39 is 36.2 Å². The van der Waals surface area contributed by atoms with E-state index in [1.165, 1.54) is 18.2 Å². The number of carbonyl (C=O) groups is 2. The van der Waals surface area contributed by atoms with E-state index in [2.05, 4.69) is 5.32 Å². The third kappa shape index (κ3) is 4.17. The smallest absolute Gasteiger partial charge is 0.475 e. The van der Waals surface area contributed by atoms with Crippen molar-refractivity contribution in [3.05, 3.63) is 64.7 Å². The number of hydrogen-bond acceptors (Lipinski definition) is 6. The van der Waals surface area contributed by atoms with Crippen molar-refractivity contribution in [2.24, 2.45) is 5.73 Å². The molecule has 1 aliphatic carbocycles. The molecule has 7 N–H and O–H groups in total. The van der Waals surface area contributed by atoms with E-state index in [4.69, 9.17) is 10.8 Å². The summed E-state index contributed by atoms with van der Waals surface area (Å²) in [7, 11) is -1.91. The van der Waals surface area contributed by atoms with E-state index in [0.717, 1.165) is 18.4 Å². The molecule has 1 fully saturated rings. The average Bonchev–Trinajstić information content (AvgIpc) is 3.41. The average molecular weight is 384 g/mol. The van der Waals surface area contributed by atoms with Gasteiger partial charge in [0.25, 0.3) is 5.91 Å². The van der Waals surface area contributed by atoms with Crippen molar-refractivity contribution in [1.29, 1.82) is 0 Å². The molecule has 0 heterocycles. The largest absolute Gasteiger partial charge is 0.507 e. The fourth-order valence-corrected chi connectivity index (χ4v) is 3.04. The Bertz CT molecular complexity index is 913. The molecule has 0 aliphatic heterocycles. The lowest BCUT2D eigenvalue weighted by Crippen LogP contribution is -2.48. The minimum Gasteiger partial charge on any atom is -0.507 e. The summed E-state index contributed by atoms with van der Waals surface area (Å²) in [4.78, 5) is 23.7. The summed E-state index contributed by atoms with van der Waals surface area (Å²) in [5, 5.41) is 41.0. The standard InChI is InChI=1S/C19H21BN2O6/c21-19(7-8-19)13-5-1-4-12(9-13)17(24)22-15(20(27)28)10-11-3-2-6-14(16(11)23)18(25)26/h1-6,9,15,23,27-28H,7-8,10,21H2,(H,22,24)(H,25,26)/t15-/m0/s1. The van der Waals surface area contributed by atoms with E-state index in [9.17, 15) is 24.7 Å². The van der Waals surface area contributed by atoms with E-state index in [1.54, 1.807) is 18.2 Å². The van der Waals surface area contributed by atoms with Gasteiger partial charge in [0.15, 0.2) is 0 Å². The molecule has 2 aromatic carbocycles. The van der Waals surface area contributed by atoms with E-state index in [1.807, 2.05) is 6.07 Å². The molecule has 8 nitrogen and oxygen atoms in total. The molecule has 0 aromatic heterocycles. The second-order valence-electron chi connectivity index (χ2n) is 7.05. The molecular formula is C19H21BN2O6. The molecule has 0 saturated heterocycles. The highest BCUT2D eigenvalue weighted by molar-refractivity contribution is 6.43. The maximum absolute atomic E-state index is 12.6. The first-order chi connectivity index (χ1) is 13.2. The van der Waals surface area contributed by atoms with Crippen LogP contribution in [0.4, 0.5) is 0 Å². The van der Waals surface area contributed by atoms with Crippen molar-refractivity contribution in [1.82, 2.24) is 5.32 Å². The van der Waals surface area contributed by atoms with Crippen LogP contribution in [0.1, 0.15) is 44.7 Å². The zero-order valence-corrected chi connectivity index (χ0v) is 15.0. The summed E-state index contributed by atoms with van der Waals surface area (Å²) < 4.78 is 0. The zero-order chi connectivity index (χ0) is 20.5. The van der Waals surface area contributed by atoms with Gasteiger partial charge in [-0.25, -0.2) is 4.79 Å². The SMILES string of the molecule is NC1(c2cccc(C(=O)N[C@@H](Cc3cccc(C(=O)O)c3O)B(O)O)c2)CC1. The van der Waals surface area contributed by atoms with Crippen LogP contribution in [0.25, 0.3) is 0 Å². The van der Waals surface area contributed by atoms with Crippen LogP contribution >= 0.6 is 0 Å². The molecule has 0 bridgehead atoms. The van der Waals surface area contributed by atoms with Gasteiger partial charge in [0.2, 0.25) is 0 Å². The van der Waals surface area contributed by atoms with E-state index >= 15 is 0 Å². The number of nitrogens with one attached hydrogen (secondary N) is 1. The normalized spacial score (nSPS) is 15.5. The first-order valence-corrected chi connectivity index (χ1v) is 8.82. The second kappa shape index (κ2) is 7.63.